The first kappa shape index (κ1) is 27.3. The second-order valence-corrected chi connectivity index (χ2v) is 10.4. The highest BCUT2D eigenvalue weighted by Crippen LogP contribution is 2.34. The van der Waals surface area contributed by atoms with Gasteiger partial charge in [0.1, 0.15) is 11.2 Å². The van der Waals surface area contributed by atoms with E-state index >= 15 is 0 Å². The first-order valence-electron chi connectivity index (χ1n) is 10.7. The molecular weight excluding hydrogens is 454 g/mol. The van der Waals surface area contributed by atoms with E-state index in [0.29, 0.717) is 45.8 Å². The molecule has 0 atom stereocenters. The highest BCUT2D eigenvalue weighted by Gasteiger charge is 2.41. The molecule has 0 aliphatic carbocycles. The van der Waals surface area contributed by atoms with E-state index in [1.54, 1.807) is 0 Å². The molecule has 0 saturated carbocycles. The van der Waals surface area contributed by atoms with E-state index in [0.717, 1.165) is 18.2 Å². The maximum Gasteiger partial charge on any atom is 0.307 e. The lowest BCUT2D eigenvalue weighted by atomic mass is 9.82. The average molecular weight is 494 g/mol. The first-order valence-corrected chi connectivity index (χ1v) is 11.8. The summed E-state index contributed by atoms with van der Waals surface area (Å²) in [6, 6.07) is 0. The van der Waals surface area contributed by atoms with Crippen LogP contribution in [-0.4, -0.2) is 61.4 Å². The number of hydrogen-bond acceptors (Lipinski definition) is 7. The maximum atomic E-state index is 11.7. The molecule has 0 radical (unpaired) electrons. The summed E-state index contributed by atoms with van der Waals surface area (Å²) in [7, 11) is 0. The fourth-order valence-corrected chi connectivity index (χ4v) is 3.27. The van der Waals surface area contributed by atoms with E-state index in [9.17, 15) is 9.59 Å². The van der Waals surface area contributed by atoms with E-state index in [-0.39, 0.29) is 34.0 Å². The minimum Gasteiger partial charge on any atom is -0.460 e. The summed E-state index contributed by atoms with van der Waals surface area (Å²) >= 11 is 3.42. The van der Waals surface area contributed by atoms with Crippen LogP contribution in [0.4, 0.5) is 0 Å². The lowest BCUT2D eigenvalue weighted by Crippen LogP contribution is -2.50. The standard InChI is InChI=1S/C11H19BrO3.C11H21NO3/c2*1-4-10(2,3)15-9(13)5-11(6-12)7-14-8-11/h4-8H2,1-3H3;4-8,12H2,1-3H3. The van der Waals surface area contributed by atoms with E-state index in [1.807, 2.05) is 41.5 Å². The van der Waals surface area contributed by atoms with Crippen LogP contribution in [0, 0.1) is 10.8 Å². The smallest absolute Gasteiger partial charge is 0.307 e. The Hall–Kier alpha value is -0.700. The molecule has 0 unspecified atom stereocenters. The number of alkyl halides is 1. The van der Waals surface area contributed by atoms with Crippen LogP contribution in [0.25, 0.3) is 0 Å². The molecule has 0 spiro atoms. The molecule has 0 amide bonds. The fourth-order valence-electron chi connectivity index (χ4n) is 2.75. The predicted molar refractivity (Wildman–Crippen MR) is 120 cm³/mol. The molecule has 2 N–H and O–H groups in total. The summed E-state index contributed by atoms with van der Waals surface area (Å²) in [6.45, 7) is 14.6. The summed E-state index contributed by atoms with van der Waals surface area (Å²) < 4.78 is 21.0. The van der Waals surface area contributed by atoms with Gasteiger partial charge in [-0.05, 0) is 40.5 Å². The second kappa shape index (κ2) is 11.2. The monoisotopic (exact) mass is 493 g/mol. The van der Waals surface area contributed by atoms with Crippen molar-refractivity contribution in [2.24, 2.45) is 16.6 Å². The van der Waals surface area contributed by atoms with Crippen molar-refractivity contribution in [3.05, 3.63) is 0 Å². The largest absolute Gasteiger partial charge is 0.460 e. The molecule has 2 fully saturated rings. The topological polar surface area (TPSA) is 97.1 Å². The maximum absolute atomic E-state index is 11.7. The number of esters is 2. The van der Waals surface area contributed by atoms with Gasteiger partial charge in [0.05, 0.1) is 39.3 Å². The first-order chi connectivity index (χ1) is 13.9. The van der Waals surface area contributed by atoms with Gasteiger partial charge in [-0.1, -0.05) is 29.8 Å². The molecular formula is C22H40BrNO6. The van der Waals surface area contributed by atoms with Crippen molar-refractivity contribution >= 4 is 27.9 Å². The zero-order valence-corrected chi connectivity index (χ0v) is 21.1. The Kier molecular flexibility index (Phi) is 10.2. The molecule has 2 aliphatic heterocycles. The molecule has 0 aromatic carbocycles. The molecule has 176 valence electrons. The van der Waals surface area contributed by atoms with E-state index in [2.05, 4.69) is 15.9 Å². The molecule has 2 saturated heterocycles. The van der Waals surface area contributed by atoms with Crippen molar-refractivity contribution < 1.29 is 28.5 Å². The molecule has 0 aromatic heterocycles. The molecule has 8 heteroatoms. The number of halogens is 1. The van der Waals surface area contributed by atoms with Gasteiger partial charge in [-0.15, -0.1) is 0 Å². The van der Waals surface area contributed by atoms with Gasteiger partial charge in [0.15, 0.2) is 0 Å². The van der Waals surface area contributed by atoms with Gasteiger partial charge in [-0.25, -0.2) is 0 Å². The van der Waals surface area contributed by atoms with Crippen LogP contribution in [0.5, 0.6) is 0 Å². The highest BCUT2D eigenvalue weighted by molar-refractivity contribution is 9.09. The molecule has 0 bridgehead atoms. The van der Waals surface area contributed by atoms with Gasteiger partial charge in [0, 0.05) is 22.7 Å². The molecule has 2 heterocycles. The number of hydrogen-bond donors (Lipinski definition) is 1. The number of ether oxygens (including phenoxy) is 4. The third kappa shape index (κ3) is 8.44. The summed E-state index contributed by atoms with van der Waals surface area (Å²) in [5.41, 5.74) is 4.70. The van der Waals surface area contributed by atoms with Crippen molar-refractivity contribution in [1.29, 1.82) is 0 Å². The molecule has 30 heavy (non-hydrogen) atoms. The Bertz CT molecular complexity index is 509. The number of carbonyl (C=O) groups is 2. The minimum atomic E-state index is -0.378. The summed E-state index contributed by atoms with van der Waals surface area (Å²) in [5, 5.41) is 0.793. The third-order valence-corrected chi connectivity index (χ3v) is 7.06. The van der Waals surface area contributed by atoms with E-state index < -0.39 is 0 Å². The summed E-state index contributed by atoms with van der Waals surface area (Å²) in [4.78, 5) is 23.3. The average Bonchev–Trinajstić information content (AvgIpc) is 2.61. The Morgan fingerprint density at radius 1 is 0.867 bits per heavy atom. The lowest BCUT2D eigenvalue weighted by molar-refractivity contribution is -0.171. The van der Waals surface area contributed by atoms with Gasteiger partial charge in [0.2, 0.25) is 0 Å². The van der Waals surface area contributed by atoms with Gasteiger partial charge >= 0.3 is 11.9 Å². The number of nitrogens with two attached hydrogens (primary N) is 1. The van der Waals surface area contributed by atoms with Crippen molar-refractivity contribution in [2.45, 2.75) is 78.4 Å². The zero-order valence-electron chi connectivity index (χ0n) is 19.5. The van der Waals surface area contributed by atoms with E-state index in [4.69, 9.17) is 24.7 Å². The van der Waals surface area contributed by atoms with Crippen molar-refractivity contribution in [2.75, 3.05) is 38.3 Å². The summed E-state index contributed by atoms with van der Waals surface area (Å²) in [5.74, 6) is -0.291. The fraction of sp³-hybridized carbons (Fsp3) is 0.909. The van der Waals surface area contributed by atoms with Gasteiger partial charge in [0.25, 0.3) is 0 Å². The van der Waals surface area contributed by atoms with Crippen LogP contribution in [-0.2, 0) is 28.5 Å². The van der Waals surface area contributed by atoms with Crippen molar-refractivity contribution in [3.63, 3.8) is 0 Å². The molecule has 2 rings (SSSR count). The van der Waals surface area contributed by atoms with Crippen LogP contribution < -0.4 is 5.73 Å². The second-order valence-electron chi connectivity index (χ2n) is 9.85. The minimum absolute atomic E-state index is 0.0269. The van der Waals surface area contributed by atoms with Crippen LogP contribution in [0.1, 0.15) is 67.2 Å². The van der Waals surface area contributed by atoms with Gasteiger partial charge < -0.3 is 24.7 Å². The zero-order chi connectivity index (χ0) is 23.1. The SMILES string of the molecule is CCC(C)(C)OC(=O)CC1(CBr)COC1.CCC(C)(C)OC(=O)CC1(CN)COC1. The number of carbonyl (C=O) groups excluding carboxylic acids is 2. The van der Waals surface area contributed by atoms with Gasteiger partial charge in [-0.2, -0.15) is 0 Å². The third-order valence-electron chi connectivity index (χ3n) is 5.87. The Morgan fingerprint density at radius 2 is 1.23 bits per heavy atom. The lowest BCUT2D eigenvalue weighted by Gasteiger charge is -2.40. The van der Waals surface area contributed by atoms with E-state index in [1.165, 1.54) is 0 Å². The normalized spacial score (nSPS) is 19.5. The quantitative estimate of drug-likeness (QED) is 0.366. The van der Waals surface area contributed by atoms with Crippen LogP contribution in [0.3, 0.4) is 0 Å². The predicted octanol–water partition coefficient (Wildman–Crippen LogP) is 3.60. The van der Waals surface area contributed by atoms with Gasteiger partial charge in [-0.3, -0.25) is 9.59 Å². The Morgan fingerprint density at radius 3 is 1.47 bits per heavy atom. The van der Waals surface area contributed by atoms with Crippen LogP contribution in [0.2, 0.25) is 0 Å². The Balaban J connectivity index is 0.000000300. The summed E-state index contributed by atoms with van der Waals surface area (Å²) in [6.07, 6.45) is 2.45. The van der Waals surface area contributed by atoms with Crippen LogP contribution >= 0.6 is 15.9 Å². The highest BCUT2D eigenvalue weighted by atomic mass is 79.9. The molecule has 2 aliphatic rings. The Labute approximate surface area is 189 Å². The molecule has 0 aromatic rings. The van der Waals surface area contributed by atoms with Crippen molar-refractivity contribution in [1.82, 2.24) is 0 Å². The van der Waals surface area contributed by atoms with Crippen molar-refractivity contribution in [3.8, 4) is 0 Å². The number of rotatable bonds is 10. The molecule has 7 nitrogen and oxygen atoms in total. The van der Waals surface area contributed by atoms with Crippen LogP contribution in [0.15, 0.2) is 0 Å².